The molecule has 0 fully saturated rings. The fraction of sp³-hybridized carbons (Fsp3) is 0.435. The van der Waals surface area contributed by atoms with Crippen LogP contribution in [0.2, 0.25) is 0 Å². The summed E-state index contributed by atoms with van der Waals surface area (Å²) in [6.45, 7) is 8.95. The van der Waals surface area contributed by atoms with Gasteiger partial charge in [0, 0.05) is 11.1 Å². The van der Waals surface area contributed by atoms with Crippen LogP contribution in [0.4, 0.5) is 10.1 Å². The van der Waals surface area contributed by atoms with Gasteiger partial charge in [-0.1, -0.05) is 18.2 Å². The maximum Gasteiger partial charge on any atom is 0.339 e. The Labute approximate surface area is 183 Å². The average Bonchev–Trinajstić information content (AvgIpc) is 2.66. The molecule has 3 rings (SSSR count). The zero-order chi connectivity index (χ0) is 23.3. The molecule has 0 N–H and O–H groups in total. The van der Waals surface area contributed by atoms with Gasteiger partial charge in [-0.25, -0.2) is 17.6 Å². The van der Waals surface area contributed by atoms with Crippen molar-refractivity contribution in [3.05, 3.63) is 52.3 Å². The number of sulfonamides is 1. The summed E-state index contributed by atoms with van der Waals surface area (Å²) in [4.78, 5) is 12.6. The first-order valence-corrected chi connectivity index (χ1v) is 11.8. The molecule has 168 valence electrons. The van der Waals surface area contributed by atoms with Crippen molar-refractivity contribution in [1.82, 2.24) is 0 Å². The molecule has 0 aromatic heterocycles. The third-order valence-corrected chi connectivity index (χ3v) is 6.39. The van der Waals surface area contributed by atoms with E-state index in [1.54, 1.807) is 32.0 Å². The van der Waals surface area contributed by atoms with Crippen LogP contribution in [0.1, 0.15) is 49.1 Å². The number of rotatable bonds is 4. The number of carbonyl (C=O) groups excluding carboxylic acids is 1. The van der Waals surface area contributed by atoms with Gasteiger partial charge in [0.2, 0.25) is 10.0 Å². The fourth-order valence-electron chi connectivity index (χ4n) is 4.02. The Morgan fingerprint density at radius 2 is 1.84 bits per heavy atom. The van der Waals surface area contributed by atoms with Crippen molar-refractivity contribution in [2.24, 2.45) is 0 Å². The van der Waals surface area contributed by atoms with Crippen molar-refractivity contribution in [2.75, 3.05) is 17.7 Å². The number of ether oxygens (including phenoxy) is 2. The van der Waals surface area contributed by atoms with E-state index in [2.05, 4.69) is 0 Å². The summed E-state index contributed by atoms with van der Waals surface area (Å²) in [6, 6.07) is 6.41. The maximum absolute atomic E-state index is 14.9. The van der Waals surface area contributed by atoms with E-state index < -0.39 is 33.5 Å². The summed E-state index contributed by atoms with van der Waals surface area (Å²) in [5.74, 6) is -1.01. The Hall–Kier alpha value is -2.45. The van der Waals surface area contributed by atoms with Gasteiger partial charge in [-0.05, 0) is 62.9 Å². The van der Waals surface area contributed by atoms with E-state index in [0.717, 1.165) is 6.26 Å². The SMILES string of the molecule is COC(=O)[C@@H](OC(C)(C)C)c1cc(C)c2c(c1C)N(S(C)(=O)=O)Cc1cccc(F)c1-2. The Morgan fingerprint density at radius 1 is 1.19 bits per heavy atom. The number of aryl methyl sites for hydroxylation is 1. The average molecular weight is 450 g/mol. The van der Waals surface area contributed by atoms with Gasteiger partial charge in [-0.3, -0.25) is 4.31 Å². The van der Waals surface area contributed by atoms with Gasteiger partial charge in [0.25, 0.3) is 0 Å². The van der Waals surface area contributed by atoms with E-state index in [1.165, 1.54) is 17.5 Å². The van der Waals surface area contributed by atoms with Crippen molar-refractivity contribution in [1.29, 1.82) is 0 Å². The third kappa shape index (κ3) is 4.32. The molecule has 0 spiro atoms. The lowest BCUT2D eigenvalue weighted by atomic mass is 9.85. The number of methoxy groups -OCH3 is 1. The van der Waals surface area contributed by atoms with Crippen LogP contribution in [0.15, 0.2) is 24.3 Å². The summed E-state index contributed by atoms with van der Waals surface area (Å²) in [5, 5.41) is 0. The van der Waals surface area contributed by atoms with Crippen molar-refractivity contribution < 1.29 is 27.1 Å². The Bertz CT molecular complexity index is 1150. The standard InChI is InChI=1S/C23H28FNO5S/c1-13-11-16(21(22(26)29-6)30-23(3,4)5)14(2)20-18(13)19-15(9-8-10-17(19)24)12-25(20)31(7,27)28/h8-11,21H,12H2,1-7H3/t21-/m0/s1. The molecule has 1 heterocycles. The highest BCUT2D eigenvalue weighted by molar-refractivity contribution is 7.92. The van der Waals surface area contributed by atoms with Gasteiger partial charge in [0.05, 0.1) is 31.2 Å². The number of benzene rings is 2. The van der Waals surface area contributed by atoms with Crippen LogP contribution in [-0.2, 0) is 30.8 Å². The molecule has 0 unspecified atom stereocenters. The molecule has 0 bridgehead atoms. The number of hydrogen-bond acceptors (Lipinski definition) is 5. The molecule has 0 radical (unpaired) electrons. The second-order valence-corrected chi connectivity index (χ2v) is 10.7. The van der Waals surface area contributed by atoms with E-state index >= 15 is 0 Å². The summed E-state index contributed by atoms with van der Waals surface area (Å²) in [7, 11) is -2.41. The molecule has 2 aromatic rings. The lowest BCUT2D eigenvalue weighted by Gasteiger charge is -2.36. The smallest absolute Gasteiger partial charge is 0.339 e. The highest BCUT2D eigenvalue weighted by Gasteiger charge is 2.36. The number of hydrogen-bond donors (Lipinski definition) is 0. The second kappa shape index (κ2) is 7.91. The molecule has 0 saturated heterocycles. The predicted molar refractivity (Wildman–Crippen MR) is 118 cm³/mol. The van der Waals surface area contributed by atoms with Crippen LogP contribution in [0.3, 0.4) is 0 Å². The molecule has 6 nitrogen and oxygen atoms in total. The van der Waals surface area contributed by atoms with Gasteiger partial charge in [-0.15, -0.1) is 0 Å². The largest absolute Gasteiger partial charge is 0.467 e. The summed E-state index contributed by atoms with van der Waals surface area (Å²) in [5.41, 5.74) is 2.84. The summed E-state index contributed by atoms with van der Waals surface area (Å²) >= 11 is 0. The molecule has 1 aliphatic heterocycles. The minimum atomic E-state index is -3.68. The van der Waals surface area contributed by atoms with Crippen LogP contribution in [0, 0.1) is 19.7 Å². The molecule has 31 heavy (non-hydrogen) atoms. The van der Waals surface area contributed by atoms with E-state index in [-0.39, 0.29) is 6.54 Å². The minimum Gasteiger partial charge on any atom is -0.467 e. The number of halogens is 1. The zero-order valence-corrected chi connectivity index (χ0v) is 19.7. The van der Waals surface area contributed by atoms with Crippen molar-refractivity contribution in [3.8, 4) is 11.1 Å². The van der Waals surface area contributed by atoms with Crippen LogP contribution < -0.4 is 4.31 Å². The zero-order valence-electron chi connectivity index (χ0n) is 18.9. The quantitative estimate of drug-likeness (QED) is 0.646. The van der Waals surface area contributed by atoms with Crippen molar-refractivity contribution in [2.45, 2.75) is 52.9 Å². The first-order chi connectivity index (χ1) is 14.3. The molecular formula is C23H28FNO5S. The highest BCUT2D eigenvalue weighted by atomic mass is 32.2. The van der Waals surface area contributed by atoms with Gasteiger partial charge >= 0.3 is 5.97 Å². The molecule has 0 amide bonds. The molecule has 8 heteroatoms. The number of fused-ring (bicyclic) bond motifs is 3. The molecule has 1 atom stereocenters. The molecular weight excluding hydrogens is 421 g/mol. The van der Waals surface area contributed by atoms with Crippen LogP contribution >= 0.6 is 0 Å². The van der Waals surface area contributed by atoms with E-state index in [1.807, 2.05) is 20.8 Å². The first kappa shape index (κ1) is 23.2. The highest BCUT2D eigenvalue weighted by Crippen LogP contribution is 2.47. The normalized spacial score (nSPS) is 14.6. The van der Waals surface area contributed by atoms with E-state index in [4.69, 9.17) is 9.47 Å². The molecule has 2 aromatic carbocycles. The Kier molecular flexibility index (Phi) is 5.92. The van der Waals surface area contributed by atoms with Gasteiger partial charge < -0.3 is 9.47 Å². The topological polar surface area (TPSA) is 72.9 Å². The van der Waals surface area contributed by atoms with Crippen molar-refractivity contribution >= 4 is 21.7 Å². The van der Waals surface area contributed by atoms with Crippen LogP contribution in [0.5, 0.6) is 0 Å². The number of esters is 1. The van der Waals surface area contributed by atoms with E-state index in [0.29, 0.717) is 39.1 Å². The van der Waals surface area contributed by atoms with Gasteiger partial charge in [0.15, 0.2) is 6.10 Å². The van der Waals surface area contributed by atoms with Crippen molar-refractivity contribution in [3.63, 3.8) is 0 Å². The molecule has 1 aliphatic rings. The first-order valence-electron chi connectivity index (χ1n) is 9.91. The lowest BCUT2D eigenvalue weighted by Crippen LogP contribution is -2.34. The third-order valence-electron chi connectivity index (χ3n) is 5.27. The maximum atomic E-state index is 14.9. The Morgan fingerprint density at radius 3 is 2.39 bits per heavy atom. The van der Waals surface area contributed by atoms with Gasteiger partial charge in [-0.2, -0.15) is 0 Å². The fourth-order valence-corrected chi connectivity index (χ4v) is 4.95. The van der Waals surface area contributed by atoms with Gasteiger partial charge in [0.1, 0.15) is 5.82 Å². The molecule has 0 aliphatic carbocycles. The monoisotopic (exact) mass is 449 g/mol. The predicted octanol–water partition coefficient (Wildman–Crippen LogP) is 4.42. The lowest BCUT2D eigenvalue weighted by molar-refractivity contribution is -0.164. The Balaban J connectivity index is 2.38. The number of anilines is 1. The summed E-state index contributed by atoms with van der Waals surface area (Å²) in [6.07, 6.45) is 0.0591. The number of nitrogens with zero attached hydrogens (tertiary/aromatic N) is 1. The number of carbonyl (C=O) groups is 1. The molecule has 0 saturated carbocycles. The van der Waals surface area contributed by atoms with Crippen LogP contribution in [-0.4, -0.2) is 33.4 Å². The van der Waals surface area contributed by atoms with E-state index in [9.17, 15) is 17.6 Å². The minimum absolute atomic E-state index is 0.00563. The van der Waals surface area contributed by atoms with Crippen LogP contribution in [0.25, 0.3) is 11.1 Å². The summed E-state index contributed by atoms with van der Waals surface area (Å²) < 4.78 is 52.5. The second-order valence-electron chi connectivity index (χ2n) is 8.81.